The fourth-order valence-corrected chi connectivity index (χ4v) is 2.43. The Labute approximate surface area is 146 Å². The van der Waals surface area contributed by atoms with E-state index in [0.29, 0.717) is 23.7 Å². The van der Waals surface area contributed by atoms with E-state index in [1.165, 1.54) is 0 Å². The summed E-state index contributed by atoms with van der Waals surface area (Å²) < 4.78 is 10.8. The summed E-state index contributed by atoms with van der Waals surface area (Å²) in [6.07, 6.45) is 2.10. The smallest absolute Gasteiger partial charge is 0.256 e. The van der Waals surface area contributed by atoms with Crippen LogP contribution in [0.3, 0.4) is 0 Å². The first-order chi connectivity index (χ1) is 12.2. The molecule has 130 valence electrons. The lowest BCUT2D eigenvalue weighted by molar-refractivity contribution is 0.102. The summed E-state index contributed by atoms with van der Waals surface area (Å²) in [6, 6.07) is 12.6. The average molecular weight is 339 g/mol. The first-order valence-electron chi connectivity index (χ1n) is 8.27. The number of benzene rings is 2. The number of carbonyl (C=O) groups excluding carboxylic acids is 1. The number of fused-ring (bicyclic) bond motifs is 1. The number of aromatic amines is 1. The molecule has 3 rings (SSSR count). The van der Waals surface area contributed by atoms with Gasteiger partial charge in [0, 0.05) is 10.9 Å². The van der Waals surface area contributed by atoms with Crippen LogP contribution in [0.5, 0.6) is 11.5 Å². The molecule has 0 saturated carbocycles. The second kappa shape index (κ2) is 7.70. The van der Waals surface area contributed by atoms with E-state index in [1.54, 1.807) is 31.4 Å². The zero-order valence-electron chi connectivity index (χ0n) is 14.3. The number of unbranched alkanes of at least 4 members (excludes halogenated alkanes) is 1. The van der Waals surface area contributed by atoms with Crippen molar-refractivity contribution in [3.05, 3.63) is 48.0 Å². The quantitative estimate of drug-likeness (QED) is 0.638. The van der Waals surface area contributed by atoms with E-state index >= 15 is 0 Å². The molecule has 0 aliphatic rings. The standard InChI is InChI=1S/C19H21N3O3/c1-3-4-11-25-14-7-5-13(6-8-14)19(23)20-18-16-12-15(24-2)9-10-17(16)21-22-18/h5-10,12H,3-4,11H2,1-2H3,(H2,20,21,22,23). The zero-order chi connectivity index (χ0) is 17.6. The lowest BCUT2D eigenvalue weighted by atomic mass is 10.2. The third kappa shape index (κ3) is 3.91. The van der Waals surface area contributed by atoms with Gasteiger partial charge in [-0.05, 0) is 48.9 Å². The fraction of sp³-hybridized carbons (Fsp3) is 0.263. The van der Waals surface area contributed by atoms with Gasteiger partial charge < -0.3 is 14.8 Å². The van der Waals surface area contributed by atoms with E-state index < -0.39 is 0 Å². The number of carbonyl (C=O) groups is 1. The Hall–Kier alpha value is -3.02. The molecule has 0 aliphatic heterocycles. The first-order valence-corrected chi connectivity index (χ1v) is 8.27. The maximum atomic E-state index is 12.4. The molecule has 6 nitrogen and oxygen atoms in total. The Kier molecular flexibility index (Phi) is 5.18. The van der Waals surface area contributed by atoms with Crippen LogP contribution in [0.4, 0.5) is 5.82 Å². The number of hydrogen-bond acceptors (Lipinski definition) is 4. The summed E-state index contributed by atoms with van der Waals surface area (Å²) in [5, 5.41) is 10.7. The van der Waals surface area contributed by atoms with Crippen molar-refractivity contribution in [1.29, 1.82) is 0 Å². The zero-order valence-corrected chi connectivity index (χ0v) is 14.3. The van der Waals surface area contributed by atoms with Crippen LogP contribution in [0.1, 0.15) is 30.1 Å². The molecule has 2 N–H and O–H groups in total. The molecule has 0 atom stereocenters. The van der Waals surface area contributed by atoms with Gasteiger partial charge in [0.25, 0.3) is 5.91 Å². The molecule has 2 aromatic carbocycles. The SMILES string of the molecule is CCCCOc1ccc(C(=O)Nc2n[nH]c3ccc(OC)cc23)cc1. The highest BCUT2D eigenvalue weighted by Gasteiger charge is 2.12. The number of hydrogen-bond donors (Lipinski definition) is 2. The second-order valence-corrected chi connectivity index (χ2v) is 5.66. The van der Waals surface area contributed by atoms with Gasteiger partial charge in [0.1, 0.15) is 11.5 Å². The van der Waals surface area contributed by atoms with Crippen molar-refractivity contribution in [3.63, 3.8) is 0 Å². The lowest BCUT2D eigenvalue weighted by Gasteiger charge is -2.07. The minimum atomic E-state index is -0.226. The van der Waals surface area contributed by atoms with Crippen LogP contribution in [-0.2, 0) is 0 Å². The normalized spacial score (nSPS) is 10.6. The third-order valence-corrected chi connectivity index (χ3v) is 3.89. The van der Waals surface area contributed by atoms with Gasteiger partial charge in [-0.2, -0.15) is 5.10 Å². The maximum absolute atomic E-state index is 12.4. The van der Waals surface area contributed by atoms with Gasteiger partial charge >= 0.3 is 0 Å². The largest absolute Gasteiger partial charge is 0.497 e. The number of methoxy groups -OCH3 is 1. The van der Waals surface area contributed by atoms with Crippen molar-refractivity contribution in [2.75, 3.05) is 19.0 Å². The van der Waals surface area contributed by atoms with Gasteiger partial charge in [-0.1, -0.05) is 13.3 Å². The van der Waals surface area contributed by atoms with Crippen LogP contribution in [-0.4, -0.2) is 29.8 Å². The molecular weight excluding hydrogens is 318 g/mol. The van der Waals surface area contributed by atoms with Gasteiger partial charge in [0.2, 0.25) is 0 Å². The van der Waals surface area contributed by atoms with Crippen LogP contribution in [0.15, 0.2) is 42.5 Å². The van der Waals surface area contributed by atoms with E-state index in [2.05, 4.69) is 22.4 Å². The molecule has 0 bridgehead atoms. The van der Waals surface area contributed by atoms with Crippen LogP contribution < -0.4 is 14.8 Å². The first kappa shape index (κ1) is 16.8. The predicted molar refractivity (Wildman–Crippen MR) is 97.4 cm³/mol. The fourth-order valence-electron chi connectivity index (χ4n) is 2.43. The molecule has 6 heteroatoms. The van der Waals surface area contributed by atoms with Crippen LogP contribution >= 0.6 is 0 Å². The lowest BCUT2D eigenvalue weighted by Crippen LogP contribution is -2.12. The number of ether oxygens (including phenoxy) is 2. The molecule has 0 spiro atoms. The van der Waals surface area contributed by atoms with Crippen molar-refractivity contribution in [2.24, 2.45) is 0 Å². The molecule has 0 radical (unpaired) electrons. The number of rotatable bonds is 7. The Bertz CT molecular complexity index is 856. The number of nitrogens with zero attached hydrogens (tertiary/aromatic N) is 1. The number of aromatic nitrogens is 2. The highest BCUT2D eigenvalue weighted by atomic mass is 16.5. The van der Waals surface area contributed by atoms with Gasteiger partial charge in [-0.25, -0.2) is 0 Å². The number of H-pyrrole nitrogens is 1. The topological polar surface area (TPSA) is 76.2 Å². The van der Waals surface area contributed by atoms with Gasteiger partial charge in [-0.3, -0.25) is 9.89 Å². The van der Waals surface area contributed by atoms with E-state index in [1.807, 2.05) is 18.2 Å². The Morgan fingerprint density at radius 1 is 1.16 bits per heavy atom. The molecule has 1 amide bonds. The van der Waals surface area contributed by atoms with Gasteiger partial charge in [0.15, 0.2) is 5.82 Å². The molecule has 1 heterocycles. The average Bonchev–Trinajstić information content (AvgIpc) is 3.04. The minimum absolute atomic E-state index is 0.226. The van der Waals surface area contributed by atoms with Crippen molar-refractivity contribution < 1.29 is 14.3 Å². The van der Waals surface area contributed by atoms with Crippen LogP contribution in [0.2, 0.25) is 0 Å². The molecular formula is C19H21N3O3. The highest BCUT2D eigenvalue weighted by Crippen LogP contribution is 2.25. The Morgan fingerprint density at radius 2 is 1.92 bits per heavy atom. The number of nitrogens with one attached hydrogen (secondary N) is 2. The van der Waals surface area contributed by atoms with Crippen molar-refractivity contribution in [2.45, 2.75) is 19.8 Å². The maximum Gasteiger partial charge on any atom is 0.256 e. The van der Waals surface area contributed by atoms with Crippen LogP contribution in [0, 0.1) is 0 Å². The van der Waals surface area contributed by atoms with Crippen molar-refractivity contribution in [1.82, 2.24) is 10.2 Å². The Balaban J connectivity index is 1.71. The summed E-state index contributed by atoms with van der Waals surface area (Å²) in [7, 11) is 1.60. The summed E-state index contributed by atoms with van der Waals surface area (Å²) in [4.78, 5) is 12.4. The molecule has 3 aromatic rings. The summed E-state index contributed by atoms with van der Waals surface area (Å²) in [5.41, 5.74) is 1.37. The molecule has 25 heavy (non-hydrogen) atoms. The summed E-state index contributed by atoms with van der Waals surface area (Å²) in [5.74, 6) is 1.72. The Morgan fingerprint density at radius 3 is 2.64 bits per heavy atom. The predicted octanol–water partition coefficient (Wildman–Crippen LogP) is 4.00. The summed E-state index contributed by atoms with van der Waals surface area (Å²) in [6.45, 7) is 2.80. The molecule has 0 saturated heterocycles. The monoisotopic (exact) mass is 339 g/mol. The van der Waals surface area contributed by atoms with Crippen molar-refractivity contribution >= 4 is 22.6 Å². The third-order valence-electron chi connectivity index (χ3n) is 3.89. The van der Waals surface area contributed by atoms with E-state index in [0.717, 1.165) is 29.5 Å². The van der Waals surface area contributed by atoms with E-state index in [-0.39, 0.29) is 5.91 Å². The molecule has 0 fully saturated rings. The minimum Gasteiger partial charge on any atom is -0.497 e. The number of anilines is 1. The highest BCUT2D eigenvalue weighted by molar-refractivity contribution is 6.08. The van der Waals surface area contributed by atoms with Crippen molar-refractivity contribution in [3.8, 4) is 11.5 Å². The summed E-state index contributed by atoms with van der Waals surface area (Å²) >= 11 is 0. The van der Waals surface area contributed by atoms with Gasteiger partial charge in [-0.15, -0.1) is 0 Å². The number of amides is 1. The van der Waals surface area contributed by atoms with E-state index in [4.69, 9.17) is 9.47 Å². The van der Waals surface area contributed by atoms with E-state index in [9.17, 15) is 4.79 Å². The molecule has 0 aliphatic carbocycles. The van der Waals surface area contributed by atoms with Gasteiger partial charge in [0.05, 0.1) is 19.2 Å². The molecule has 0 unspecified atom stereocenters. The van der Waals surface area contributed by atoms with Crippen LogP contribution in [0.25, 0.3) is 10.9 Å². The molecule has 1 aromatic heterocycles. The second-order valence-electron chi connectivity index (χ2n) is 5.66.